The van der Waals surface area contributed by atoms with Gasteiger partial charge in [-0.25, -0.2) is 14.4 Å². The summed E-state index contributed by atoms with van der Waals surface area (Å²) in [6.07, 6.45) is 8.96. The minimum absolute atomic E-state index is 0.360. The van der Waals surface area contributed by atoms with Gasteiger partial charge < -0.3 is 0 Å². The van der Waals surface area contributed by atoms with Gasteiger partial charge in [0.05, 0.1) is 29.3 Å². The molecule has 0 spiro atoms. The number of H-pyrrole nitrogens is 1. The van der Waals surface area contributed by atoms with Gasteiger partial charge in [0.15, 0.2) is 0 Å². The number of nitrogens with one attached hydrogen (secondary N) is 1. The molecule has 0 saturated carbocycles. The Hall–Kier alpha value is -4.54. The van der Waals surface area contributed by atoms with Crippen LogP contribution in [0.25, 0.3) is 44.6 Å². The van der Waals surface area contributed by atoms with Crippen LogP contribution in [-0.4, -0.2) is 49.9 Å². The molecule has 1 atom stereocenters. The zero-order valence-electron chi connectivity index (χ0n) is 18.6. The first-order chi connectivity index (χ1) is 16.5. The number of pyridine rings is 1. The van der Waals surface area contributed by atoms with Gasteiger partial charge in [-0.05, 0) is 17.7 Å². The van der Waals surface area contributed by atoms with Crippen LogP contribution in [0.4, 0.5) is 4.39 Å². The maximum atomic E-state index is 15.3. The number of benzene rings is 1. The molecule has 6 rings (SSSR count). The van der Waals surface area contributed by atoms with Gasteiger partial charge in [-0.2, -0.15) is 15.4 Å². The highest BCUT2D eigenvalue weighted by atomic mass is 19.1. The van der Waals surface area contributed by atoms with Crippen LogP contribution >= 0.6 is 0 Å². The highest BCUT2D eigenvalue weighted by Crippen LogP contribution is 2.34. The van der Waals surface area contributed by atoms with Crippen molar-refractivity contribution < 1.29 is 4.39 Å². The molecule has 0 fully saturated rings. The summed E-state index contributed by atoms with van der Waals surface area (Å²) in [5.74, 6) is -0.781. The summed E-state index contributed by atoms with van der Waals surface area (Å²) in [7, 11) is 3.68. The minimum Gasteiger partial charge on any atom is -0.275 e. The Morgan fingerprint density at radius 2 is 1.56 bits per heavy atom. The average Bonchev–Trinajstić information content (AvgIpc) is 3.57. The van der Waals surface area contributed by atoms with E-state index < -0.39 is 5.92 Å². The predicted molar refractivity (Wildman–Crippen MR) is 123 cm³/mol. The van der Waals surface area contributed by atoms with Crippen molar-refractivity contribution in [2.24, 2.45) is 14.1 Å². The lowest BCUT2D eigenvalue weighted by molar-refractivity contribution is 0.603. The first kappa shape index (κ1) is 20.1. The summed E-state index contributed by atoms with van der Waals surface area (Å²) < 4.78 is 18.7. The Bertz CT molecular complexity index is 1680. The molecule has 1 unspecified atom stereocenters. The summed E-state index contributed by atoms with van der Waals surface area (Å²) in [4.78, 5) is 13.8. The first-order valence-corrected chi connectivity index (χ1v) is 10.6. The summed E-state index contributed by atoms with van der Waals surface area (Å²) in [5, 5.41) is 20.0. The normalized spacial score (nSPS) is 12.6. The third-order valence-electron chi connectivity index (χ3n) is 5.89. The van der Waals surface area contributed by atoms with Crippen LogP contribution in [-0.2, 0) is 14.1 Å². The molecule has 6 aromatic rings. The van der Waals surface area contributed by atoms with Crippen molar-refractivity contribution in [1.82, 2.24) is 49.9 Å². The van der Waals surface area contributed by atoms with Crippen molar-refractivity contribution in [3.05, 3.63) is 66.3 Å². The molecule has 0 aliphatic rings. The Morgan fingerprint density at radius 1 is 0.853 bits per heavy atom. The molecule has 0 aliphatic carbocycles. The highest BCUT2D eigenvalue weighted by molar-refractivity contribution is 5.84. The van der Waals surface area contributed by atoms with E-state index in [1.165, 1.54) is 6.07 Å². The van der Waals surface area contributed by atoms with Gasteiger partial charge in [0.25, 0.3) is 0 Å². The van der Waals surface area contributed by atoms with E-state index in [0.717, 1.165) is 22.1 Å². The molecule has 11 heteroatoms. The number of halogens is 1. The third-order valence-corrected chi connectivity index (χ3v) is 5.89. The maximum absolute atomic E-state index is 15.3. The van der Waals surface area contributed by atoms with Crippen molar-refractivity contribution in [1.29, 1.82) is 0 Å². The van der Waals surface area contributed by atoms with Gasteiger partial charge >= 0.3 is 0 Å². The third kappa shape index (κ3) is 3.29. The monoisotopic (exact) mass is 454 g/mol. The van der Waals surface area contributed by atoms with E-state index in [9.17, 15) is 0 Å². The lowest BCUT2D eigenvalue weighted by Gasteiger charge is -2.16. The second-order valence-electron chi connectivity index (χ2n) is 8.25. The minimum atomic E-state index is -0.421. The van der Waals surface area contributed by atoms with Crippen molar-refractivity contribution in [3.63, 3.8) is 0 Å². The van der Waals surface area contributed by atoms with Crippen molar-refractivity contribution in [2.75, 3.05) is 0 Å². The molecule has 0 amide bonds. The Kier molecular flexibility index (Phi) is 4.44. The molecular formula is C23H19FN10. The topological polar surface area (TPSA) is 116 Å². The Balaban J connectivity index is 1.51. The molecule has 10 nitrogen and oxygen atoms in total. The average molecular weight is 454 g/mol. The van der Waals surface area contributed by atoms with Crippen LogP contribution in [0.3, 0.4) is 0 Å². The smallest absolute Gasteiger partial charge is 0.221 e. The number of hydrogen-bond donors (Lipinski definition) is 1. The number of aryl methyl sites for hydroxylation is 2. The van der Waals surface area contributed by atoms with Crippen LogP contribution in [0.2, 0.25) is 0 Å². The molecule has 5 heterocycles. The van der Waals surface area contributed by atoms with Gasteiger partial charge in [-0.1, -0.05) is 6.92 Å². The van der Waals surface area contributed by atoms with Crippen LogP contribution in [0.15, 0.2) is 49.2 Å². The fourth-order valence-electron chi connectivity index (χ4n) is 4.13. The van der Waals surface area contributed by atoms with Crippen LogP contribution in [0.1, 0.15) is 24.1 Å². The standard InChI is InChI=1S/C23H19FN10/c1-12(20-21(16-9-27-34(3)11-16)29-23-22(28-20)30-32-31-23)17-5-13-4-14(15-8-26-33(2)10-15)7-25-19(13)6-18(17)24/h4-12H,1-3H3,(H,28,29,30,31,32). The molecule has 1 aromatic carbocycles. The zero-order chi connectivity index (χ0) is 23.4. The quantitative estimate of drug-likeness (QED) is 0.434. The molecule has 0 radical (unpaired) electrons. The summed E-state index contributed by atoms with van der Waals surface area (Å²) in [6, 6.07) is 5.27. The molecule has 0 bridgehead atoms. The largest absolute Gasteiger partial charge is 0.275 e. The lowest BCUT2D eigenvalue weighted by atomic mass is 9.92. The predicted octanol–water partition coefficient (Wildman–Crippen LogP) is 3.39. The summed E-state index contributed by atoms with van der Waals surface area (Å²) in [5.41, 5.74) is 5.61. The van der Waals surface area contributed by atoms with Crippen LogP contribution < -0.4 is 0 Å². The summed E-state index contributed by atoms with van der Waals surface area (Å²) >= 11 is 0. The molecule has 0 saturated heterocycles. The van der Waals surface area contributed by atoms with Crippen molar-refractivity contribution in [3.8, 4) is 22.4 Å². The summed E-state index contributed by atoms with van der Waals surface area (Å²) in [6.45, 7) is 1.90. The first-order valence-electron chi connectivity index (χ1n) is 10.6. The second kappa shape index (κ2) is 7.51. The molecule has 1 N–H and O–H groups in total. The SMILES string of the molecule is CC(c1cc2cc(-c3cnn(C)c3)cnc2cc1F)c1nc2n[nH]nc2nc1-c1cnn(C)c1. The number of aromatic nitrogens is 10. The number of aromatic amines is 1. The fraction of sp³-hybridized carbons (Fsp3) is 0.174. The van der Waals surface area contributed by atoms with Crippen molar-refractivity contribution in [2.45, 2.75) is 12.8 Å². The zero-order valence-corrected chi connectivity index (χ0v) is 18.6. The van der Waals surface area contributed by atoms with E-state index in [1.54, 1.807) is 28.0 Å². The van der Waals surface area contributed by atoms with Crippen molar-refractivity contribution >= 4 is 22.2 Å². The van der Waals surface area contributed by atoms with Gasteiger partial charge in [0.1, 0.15) is 5.82 Å². The molecule has 34 heavy (non-hydrogen) atoms. The molecular weight excluding hydrogens is 435 g/mol. The maximum Gasteiger partial charge on any atom is 0.221 e. The number of nitrogens with zero attached hydrogens (tertiary/aromatic N) is 9. The molecule has 168 valence electrons. The fourth-order valence-corrected chi connectivity index (χ4v) is 4.13. The van der Waals surface area contributed by atoms with E-state index in [2.05, 4.69) is 40.6 Å². The lowest BCUT2D eigenvalue weighted by Crippen LogP contribution is -2.07. The van der Waals surface area contributed by atoms with E-state index in [-0.39, 0.29) is 5.82 Å². The number of hydrogen-bond acceptors (Lipinski definition) is 7. The number of rotatable bonds is 4. The van der Waals surface area contributed by atoms with Gasteiger partial charge in [-0.3, -0.25) is 14.3 Å². The van der Waals surface area contributed by atoms with Gasteiger partial charge in [0, 0.05) is 66.7 Å². The van der Waals surface area contributed by atoms with Gasteiger partial charge in [0.2, 0.25) is 11.3 Å². The van der Waals surface area contributed by atoms with E-state index in [1.807, 2.05) is 45.5 Å². The highest BCUT2D eigenvalue weighted by Gasteiger charge is 2.23. The van der Waals surface area contributed by atoms with Gasteiger partial charge in [-0.15, -0.1) is 10.2 Å². The Labute approximate surface area is 192 Å². The van der Waals surface area contributed by atoms with Crippen LogP contribution in [0.5, 0.6) is 0 Å². The van der Waals surface area contributed by atoms with E-state index in [0.29, 0.717) is 33.8 Å². The molecule has 5 aromatic heterocycles. The Morgan fingerprint density at radius 3 is 2.26 bits per heavy atom. The van der Waals surface area contributed by atoms with E-state index in [4.69, 9.17) is 0 Å². The molecule has 0 aliphatic heterocycles. The number of fused-ring (bicyclic) bond motifs is 2. The van der Waals surface area contributed by atoms with Crippen LogP contribution in [0, 0.1) is 5.82 Å². The second-order valence-corrected chi connectivity index (χ2v) is 8.25. The van der Waals surface area contributed by atoms with E-state index >= 15 is 4.39 Å².